The van der Waals surface area contributed by atoms with Crippen LogP contribution in [0.25, 0.3) is 0 Å². The monoisotopic (exact) mass is 462 g/mol. The Morgan fingerprint density at radius 2 is 2.21 bits per heavy atom. The summed E-state index contributed by atoms with van der Waals surface area (Å²) in [4.78, 5) is 8.66. The smallest absolute Gasteiger partial charge is 0.191 e. The highest BCUT2D eigenvalue weighted by Crippen LogP contribution is 2.05. The van der Waals surface area contributed by atoms with Crippen molar-refractivity contribution in [1.29, 1.82) is 0 Å². The average molecular weight is 463 g/mol. The SMILES string of the molecule is CCNC(=NCCCn1cccn1)NCCc1ccc(Cl)nc1.I. The molecule has 0 aromatic carbocycles. The zero-order valence-electron chi connectivity index (χ0n) is 13.8. The topological polar surface area (TPSA) is 67.1 Å². The number of guanidine groups is 1. The number of nitrogens with one attached hydrogen (secondary N) is 2. The third kappa shape index (κ3) is 7.96. The number of nitrogens with zero attached hydrogens (tertiary/aromatic N) is 4. The van der Waals surface area contributed by atoms with Gasteiger partial charge >= 0.3 is 0 Å². The fraction of sp³-hybridized carbons (Fsp3) is 0.438. The summed E-state index contributed by atoms with van der Waals surface area (Å²) in [6.45, 7) is 5.34. The van der Waals surface area contributed by atoms with E-state index in [0.29, 0.717) is 5.15 Å². The van der Waals surface area contributed by atoms with Crippen LogP contribution in [0.15, 0.2) is 41.8 Å². The molecule has 0 aliphatic carbocycles. The molecule has 2 N–H and O–H groups in total. The maximum atomic E-state index is 5.78. The Kier molecular flexibility index (Phi) is 10.4. The Balaban J connectivity index is 0.00000288. The summed E-state index contributed by atoms with van der Waals surface area (Å²) in [5.41, 5.74) is 1.15. The molecule has 2 aromatic rings. The fourth-order valence-corrected chi connectivity index (χ4v) is 2.19. The summed E-state index contributed by atoms with van der Waals surface area (Å²) >= 11 is 5.78. The van der Waals surface area contributed by atoms with E-state index in [0.717, 1.165) is 50.5 Å². The van der Waals surface area contributed by atoms with Crippen molar-refractivity contribution in [3.05, 3.63) is 47.5 Å². The summed E-state index contributed by atoms with van der Waals surface area (Å²) < 4.78 is 1.92. The first-order valence-electron chi connectivity index (χ1n) is 7.88. The first-order valence-corrected chi connectivity index (χ1v) is 8.26. The number of hydrogen-bond donors (Lipinski definition) is 2. The minimum atomic E-state index is 0. The van der Waals surface area contributed by atoms with Crippen LogP contribution in [0.5, 0.6) is 0 Å². The molecule has 132 valence electrons. The van der Waals surface area contributed by atoms with Crippen LogP contribution in [0.4, 0.5) is 0 Å². The third-order valence-corrected chi connectivity index (χ3v) is 3.44. The van der Waals surface area contributed by atoms with Gasteiger partial charge in [0.15, 0.2) is 5.96 Å². The van der Waals surface area contributed by atoms with Crippen LogP contribution in [0.3, 0.4) is 0 Å². The summed E-state index contributed by atoms with van der Waals surface area (Å²) in [6, 6.07) is 5.73. The predicted octanol–water partition coefficient (Wildman–Crippen LogP) is 2.74. The van der Waals surface area contributed by atoms with E-state index in [9.17, 15) is 0 Å². The zero-order chi connectivity index (χ0) is 16.3. The third-order valence-electron chi connectivity index (χ3n) is 3.21. The van der Waals surface area contributed by atoms with E-state index in [1.54, 1.807) is 12.4 Å². The zero-order valence-corrected chi connectivity index (χ0v) is 16.9. The van der Waals surface area contributed by atoms with Gasteiger partial charge in [0.05, 0.1) is 0 Å². The normalized spacial score (nSPS) is 11.0. The van der Waals surface area contributed by atoms with Crippen LogP contribution in [-0.4, -0.2) is 40.4 Å². The lowest BCUT2D eigenvalue weighted by atomic mass is 10.2. The van der Waals surface area contributed by atoms with Gasteiger partial charge in [-0.05, 0) is 37.5 Å². The highest BCUT2D eigenvalue weighted by Gasteiger charge is 1.99. The number of aryl methyl sites for hydroxylation is 1. The molecular formula is C16H24ClIN6. The number of pyridine rings is 1. The molecule has 0 aliphatic rings. The lowest BCUT2D eigenvalue weighted by molar-refractivity contribution is 0.584. The van der Waals surface area contributed by atoms with E-state index in [1.165, 1.54) is 0 Å². The maximum absolute atomic E-state index is 5.78. The second-order valence-electron chi connectivity index (χ2n) is 5.05. The molecule has 6 nitrogen and oxygen atoms in total. The molecule has 2 rings (SSSR count). The van der Waals surface area contributed by atoms with E-state index in [4.69, 9.17) is 11.6 Å². The largest absolute Gasteiger partial charge is 0.357 e. The summed E-state index contributed by atoms with van der Waals surface area (Å²) in [7, 11) is 0. The molecule has 0 unspecified atom stereocenters. The molecule has 0 fully saturated rings. The summed E-state index contributed by atoms with van der Waals surface area (Å²) in [5, 5.41) is 11.3. The molecule has 0 radical (unpaired) electrons. The number of hydrogen-bond acceptors (Lipinski definition) is 3. The molecule has 0 aliphatic heterocycles. The summed E-state index contributed by atoms with van der Waals surface area (Å²) in [6.07, 6.45) is 7.40. The molecule has 8 heteroatoms. The number of aliphatic imine (C=N–C) groups is 1. The molecule has 0 saturated heterocycles. The van der Waals surface area contributed by atoms with Crippen molar-refractivity contribution >= 4 is 41.5 Å². The van der Waals surface area contributed by atoms with E-state index in [2.05, 4.69) is 32.6 Å². The second kappa shape index (κ2) is 12.1. The van der Waals surface area contributed by atoms with Crippen LogP contribution in [0.2, 0.25) is 5.15 Å². The Morgan fingerprint density at radius 3 is 2.88 bits per heavy atom. The Hall–Kier alpha value is -1.35. The van der Waals surface area contributed by atoms with Gasteiger partial charge in [-0.15, -0.1) is 24.0 Å². The predicted molar refractivity (Wildman–Crippen MR) is 109 cm³/mol. The van der Waals surface area contributed by atoms with Crippen LogP contribution in [0, 0.1) is 0 Å². The first kappa shape index (κ1) is 20.7. The van der Waals surface area contributed by atoms with Gasteiger partial charge in [0, 0.05) is 44.8 Å². The molecule has 0 saturated carbocycles. The Labute approximate surface area is 165 Å². The molecule has 2 heterocycles. The minimum absolute atomic E-state index is 0. The lowest BCUT2D eigenvalue weighted by Gasteiger charge is -2.11. The van der Waals surface area contributed by atoms with Crippen molar-refractivity contribution in [3.8, 4) is 0 Å². The highest BCUT2D eigenvalue weighted by atomic mass is 127. The van der Waals surface area contributed by atoms with Crippen molar-refractivity contribution in [2.45, 2.75) is 26.3 Å². The van der Waals surface area contributed by atoms with Gasteiger partial charge in [0.1, 0.15) is 5.15 Å². The number of rotatable bonds is 8. The first-order chi connectivity index (χ1) is 11.3. The highest BCUT2D eigenvalue weighted by molar-refractivity contribution is 14.0. The standard InChI is InChI=1S/C16H23ClN6.HI/c1-2-18-16(19-8-3-11-23-12-4-9-22-23)20-10-7-14-5-6-15(17)21-13-14;/h4-6,9,12-13H,2-3,7-8,10-11H2,1H3,(H2,18,19,20);1H. The second-order valence-corrected chi connectivity index (χ2v) is 5.44. The molecule has 0 amide bonds. The maximum Gasteiger partial charge on any atom is 0.191 e. The number of aromatic nitrogens is 3. The van der Waals surface area contributed by atoms with Crippen LogP contribution < -0.4 is 10.6 Å². The average Bonchev–Trinajstić information content (AvgIpc) is 3.07. The van der Waals surface area contributed by atoms with Gasteiger partial charge in [0.25, 0.3) is 0 Å². The van der Waals surface area contributed by atoms with Gasteiger partial charge in [-0.1, -0.05) is 17.7 Å². The molecule has 2 aromatic heterocycles. The van der Waals surface area contributed by atoms with Crippen molar-refractivity contribution in [3.63, 3.8) is 0 Å². The Bertz CT molecular complexity index is 585. The van der Waals surface area contributed by atoms with Crippen molar-refractivity contribution < 1.29 is 0 Å². The van der Waals surface area contributed by atoms with Gasteiger partial charge < -0.3 is 10.6 Å². The van der Waals surface area contributed by atoms with Crippen LogP contribution >= 0.6 is 35.6 Å². The summed E-state index contributed by atoms with van der Waals surface area (Å²) in [5.74, 6) is 0.842. The van der Waals surface area contributed by atoms with E-state index < -0.39 is 0 Å². The van der Waals surface area contributed by atoms with Gasteiger partial charge in [0.2, 0.25) is 0 Å². The molecular weight excluding hydrogens is 439 g/mol. The van der Waals surface area contributed by atoms with Crippen LogP contribution in [-0.2, 0) is 13.0 Å². The Morgan fingerprint density at radius 1 is 1.33 bits per heavy atom. The molecule has 0 spiro atoms. The molecule has 0 atom stereocenters. The van der Waals surface area contributed by atoms with E-state index in [1.807, 2.05) is 29.1 Å². The number of halogens is 2. The molecule has 0 bridgehead atoms. The molecule has 24 heavy (non-hydrogen) atoms. The van der Waals surface area contributed by atoms with E-state index >= 15 is 0 Å². The van der Waals surface area contributed by atoms with Gasteiger partial charge in [-0.3, -0.25) is 9.67 Å². The van der Waals surface area contributed by atoms with Gasteiger partial charge in [-0.2, -0.15) is 5.10 Å². The van der Waals surface area contributed by atoms with Crippen molar-refractivity contribution in [2.24, 2.45) is 4.99 Å². The van der Waals surface area contributed by atoms with E-state index in [-0.39, 0.29) is 24.0 Å². The minimum Gasteiger partial charge on any atom is -0.357 e. The van der Waals surface area contributed by atoms with Crippen molar-refractivity contribution in [2.75, 3.05) is 19.6 Å². The fourth-order valence-electron chi connectivity index (χ4n) is 2.08. The van der Waals surface area contributed by atoms with Gasteiger partial charge in [-0.25, -0.2) is 4.98 Å². The quantitative estimate of drug-likeness (QED) is 0.208. The van der Waals surface area contributed by atoms with Crippen LogP contribution in [0.1, 0.15) is 18.9 Å². The lowest BCUT2D eigenvalue weighted by Crippen LogP contribution is -2.38. The van der Waals surface area contributed by atoms with Crippen molar-refractivity contribution in [1.82, 2.24) is 25.4 Å².